The van der Waals surface area contributed by atoms with Gasteiger partial charge in [-0.25, -0.2) is 19.3 Å². The van der Waals surface area contributed by atoms with Gasteiger partial charge in [0.25, 0.3) is 0 Å². The van der Waals surface area contributed by atoms with E-state index in [2.05, 4.69) is 105 Å². The minimum absolute atomic E-state index is 0.00305. The van der Waals surface area contributed by atoms with Gasteiger partial charge >= 0.3 is 0 Å². The summed E-state index contributed by atoms with van der Waals surface area (Å²) in [5.74, 6) is 0. The van der Waals surface area contributed by atoms with Crippen molar-refractivity contribution in [2.24, 2.45) is 0 Å². The molecule has 1 unspecified atom stereocenters. The summed E-state index contributed by atoms with van der Waals surface area (Å²) in [6.45, 7) is 4.78. The first kappa shape index (κ1) is 34.2. The molecule has 0 radical (unpaired) electrons. The number of H-pyrrole nitrogens is 1. The van der Waals surface area contributed by atoms with Crippen molar-refractivity contribution in [2.45, 2.75) is 38.4 Å². The van der Waals surface area contributed by atoms with E-state index >= 15 is 0 Å². The Kier molecular flexibility index (Phi) is 8.87. The lowest BCUT2D eigenvalue weighted by Crippen LogP contribution is -2.29. The second-order valence-electron chi connectivity index (χ2n) is 14.2. The number of pyridine rings is 4. The Bertz CT molecular complexity index is 2970. The molecule has 280 valence electrons. The second kappa shape index (κ2) is 14.8. The minimum atomic E-state index is -0.00305. The van der Waals surface area contributed by atoms with Gasteiger partial charge in [-0.15, -0.1) is 10.2 Å². The van der Waals surface area contributed by atoms with Gasteiger partial charge in [0, 0.05) is 46.7 Å². The molecule has 1 aliphatic rings. The van der Waals surface area contributed by atoms with E-state index < -0.39 is 0 Å². The van der Waals surface area contributed by atoms with Crippen molar-refractivity contribution in [3.05, 3.63) is 133 Å². The van der Waals surface area contributed by atoms with E-state index in [-0.39, 0.29) is 6.04 Å². The zero-order valence-corrected chi connectivity index (χ0v) is 31.1. The molecule has 15 nitrogen and oxygen atoms in total. The van der Waals surface area contributed by atoms with Crippen LogP contribution < -0.4 is 5.32 Å². The second-order valence-corrected chi connectivity index (χ2v) is 14.2. The smallest absolute Gasteiger partial charge is 0.179 e. The lowest BCUT2D eigenvalue weighted by Gasteiger charge is -2.22. The number of piperidine rings is 1. The number of aromatic nitrogens is 14. The van der Waals surface area contributed by atoms with Crippen LogP contribution in [0.2, 0.25) is 0 Å². The van der Waals surface area contributed by atoms with E-state index in [4.69, 9.17) is 9.97 Å². The fourth-order valence-electron chi connectivity index (χ4n) is 7.39. The normalized spacial score (nSPS) is 14.0. The highest BCUT2D eigenvalue weighted by Gasteiger charge is 2.18. The van der Waals surface area contributed by atoms with Gasteiger partial charge < -0.3 is 5.32 Å². The third-order valence-electron chi connectivity index (χ3n) is 10.5. The first-order valence-corrected chi connectivity index (χ1v) is 19.0. The van der Waals surface area contributed by atoms with Crippen LogP contribution in [0.5, 0.6) is 0 Å². The number of fused-ring (bicyclic) bond motifs is 4. The highest BCUT2D eigenvalue weighted by atomic mass is 15.5. The topological polar surface area (TPSA) is 172 Å². The SMILES string of the molecule is CC(c1ccc2ncccc2c1)n1nnc2ccc(-c3cn[nH]c3)nc21.c1cnc2ccc(Cn3nnc4ccc(-c5cnn(C6CCNCC6)c5)nc43)cc2c1. The van der Waals surface area contributed by atoms with Crippen molar-refractivity contribution in [1.29, 1.82) is 0 Å². The van der Waals surface area contributed by atoms with Gasteiger partial charge in [-0.2, -0.15) is 10.2 Å². The highest BCUT2D eigenvalue weighted by Crippen LogP contribution is 2.27. The molecule has 1 saturated heterocycles. The molecule has 0 spiro atoms. The van der Waals surface area contributed by atoms with E-state index in [1.807, 2.05) is 76.5 Å². The van der Waals surface area contributed by atoms with Crippen LogP contribution in [-0.4, -0.2) is 83.0 Å². The Morgan fingerprint density at radius 2 is 1.42 bits per heavy atom. The fourth-order valence-corrected chi connectivity index (χ4v) is 7.39. The molecule has 9 heterocycles. The molecule has 0 aliphatic carbocycles. The van der Waals surface area contributed by atoms with Gasteiger partial charge in [0.2, 0.25) is 0 Å². The molecule has 2 aromatic carbocycles. The van der Waals surface area contributed by atoms with Crippen molar-refractivity contribution in [1.82, 2.24) is 75.2 Å². The molecule has 1 fully saturated rings. The molecule has 2 N–H and O–H groups in total. The van der Waals surface area contributed by atoms with Crippen LogP contribution in [0, 0.1) is 0 Å². The molecular formula is C42H37N15. The number of benzene rings is 2. The summed E-state index contributed by atoms with van der Waals surface area (Å²) in [4.78, 5) is 18.4. The van der Waals surface area contributed by atoms with Gasteiger partial charge in [-0.3, -0.25) is 19.7 Å². The Balaban J connectivity index is 0.000000141. The highest BCUT2D eigenvalue weighted by molar-refractivity contribution is 5.80. The molecule has 57 heavy (non-hydrogen) atoms. The first-order valence-electron chi connectivity index (χ1n) is 19.0. The van der Waals surface area contributed by atoms with Crippen molar-refractivity contribution in [2.75, 3.05) is 13.1 Å². The van der Waals surface area contributed by atoms with Crippen LogP contribution in [-0.2, 0) is 6.54 Å². The number of nitrogens with zero attached hydrogens (tertiary/aromatic N) is 13. The minimum Gasteiger partial charge on any atom is -0.317 e. The van der Waals surface area contributed by atoms with Crippen molar-refractivity contribution >= 4 is 44.1 Å². The van der Waals surface area contributed by atoms with E-state index in [9.17, 15) is 0 Å². The molecule has 15 heteroatoms. The monoisotopic (exact) mass is 751 g/mol. The van der Waals surface area contributed by atoms with Crippen molar-refractivity contribution in [3.8, 4) is 22.5 Å². The predicted octanol–water partition coefficient (Wildman–Crippen LogP) is 6.58. The molecule has 0 bridgehead atoms. The lowest BCUT2D eigenvalue weighted by molar-refractivity contribution is 0.343. The van der Waals surface area contributed by atoms with E-state index in [1.54, 1.807) is 12.4 Å². The standard InChI is InChI=1S/C23H22N8.C19H15N7/c1-2-17-12-16(3-4-20(17)25-9-1)14-31-23-22(28-29-31)6-5-21(27-23)18-13-26-30(15-18)19-7-10-24-11-8-19;1-12(13-4-5-16-14(9-13)3-2-8-20-16)26-19-18(24-25-26)7-6-17(23-19)15-10-21-22-11-15/h1-6,9,12-13,15,19,24H,7-8,10-11,14H2;2-12H,1H3,(H,21,22). The first-order chi connectivity index (χ1) is 28.1. The largest absolute Gasteiger partial charge is 0.317 e. The molecular weight excluding hydrogens is 715 g/mol. The fraction of sp³-hybridized carbons (Fsp3) is 0.190. The Morgan fingerprint density at radius 1 is 0.719 bits per heavy atom. The third-order valence-corrected chi connectivity index (χ3v) is 10.5. The van der Waals surface area contributed by atoms with E-state index in [0.717, 1.165) is 104 Å². The van der Waals surface area contributed by atoms with Gasteiger partial charge in [0.15, 0.2) is 11.3 Å². The molecule has 1 atom stereocenters. The summed E-state index contributed by atoms with van der Waals surface area (Å²) in [5, 5.41) is 34.3. The average molecular weight is 752 g/mol. The number of hydrogen-bond acceptors (Lipinski definition) is 11. The zero-order valence-electron chi connectivity index (χ0n) is 31.1. The number of rotatable bonds is 7. The van der Waals surface area contributed by atoms with E-state index in [1.165, 1.54) is 0 Å². The average Bonchev–Trinajstić information content (AvgIpc) is 4.12. The Morgan fingerprint density at radius 3 is 2.21 bits per heavy atom. The molecule has 0 amide bonds. The maximum atomic E-state index is 4.88. The summed E-state index contributed by atoms with van der Waals surface area (Å²) < 4.78 is 5.80. The number of nitrogens with one attached hydrogen (secondary N) is 2. The molecule has 0 saturated carbocycles. The van der Waals surface area contributed by atoms with Crippen LogP contribution in [0.25, 0.3) is 66.6 Å². The van der Waals surface area contributed by atoms with Gasteiger partial charge in [0.05, 0.1) is 53.4 Å². The molecule has 11 rings (SSSR count). The lowest BCUT2D eigenvalue weighted by atomic mass is 10.1. The Labute approximate surface area is 325 Å². The summed E-state index contributed by atoms with van der Waals surface area (Å²) in [5.41, 5.74) is 11.0. The molecule has 8 aromatic heterocycles. The van der Waals surface area contributed by atoms with Gasteiger partial charge in [0.1, 0.15) is 11.0 Å². The molecule has 10 aromatic rings. The maximum absolute atomic E-state index is 4.88. The number of hydrogen-bond donors (Lipinski definition) is 2. The van der Waals surface area contributed by atoms with Crippen LogP contribution in [0.3, 0.4) is 0 Å². The van der Waals surface area contributed by atoms with Crippen LogP contribution in [0.15, 0.2) is 122 Å². The summed E-state index contributed by atoms with van der Waals surface area (Å²) in [7, 11) is 0. The predicted molar refractivity (Wildman–Crippen MR) is 217 cm³/mol. The van der Waals surface area contributed by atoms with Gasteiger partial charge in [-0.05, 0) is 105 Å². The van der Waals surface area contributed by atoms with Crippen LogP contribution >= 0.6 is 0 Å². The number of aromatic amines is 1. The summed E-state index contributed by atoms with van der Waals surface area (Å²) in [6.07, 6.45) is 13.4. The zero-order chi connectivity index (χ0) is 38.1. The van der Waals surface area contributed by atoms with E-state index in [0.29, 0.717) is 12.6 Å². The Hall–Kier alpha value is -7.26. The van der Waals surface area contributed by atoms with Crippen molar-refractivity contribution < 1.29 is 0 Å². The van der Waals surface area contributed by atoms with Crippen LogP contribution in [0.4, 0.5) is 0 Å². The third kappa shape index (κ3) is 6.84. The summed E-state index contributed by atoms with van der Waals surface area (Å²) >= 11 is 0. The quantitative estimate of drug-likeness (QED) is 0.180. The summed E-state index contributed by atoms with van der Waals surface area (Å²) in [6, 6.07) is 28.8. The molecule has 1 aliphatic heterocycles. The maximum Gasteiger partial charge on any atom is 0.179 e. The van der Waals surface area contributed by atoms with Gasteiger partial charge in [-0.1, -0.05) is 34.7 Å². The van der Waals surface area contributed by atoms with Crippen molar-refractivity contribution in [3.63, 3.8) is 0 Å². The van der Waals surface area contributed by atoms with Crippen LogP contribution in [0.1, 0.15) is 43.0 Å².